The van der Waals surface area contributed by atoms with Crippen LogP contribution in [0.15, 0.2) is 63.4 Å². The van der Waals surface area contributed by atoms with Crippen molar-refractivity contribution in [2.24, 2.45) is 0 Å². The van der Waals surface area contributed by atoms with Gasteiger partial charge in [0.15, 0.2) is 0 Å². The highest BCUT2D eigenvalue weighted by atomic mass is 79.9. The number of carbonyl (C=O) groups is 1. The van der Waals surface area contributed by atoms with Crippen molar-refractivity contribution in [1.29, 1.82) is 0 Å². The zero-order chi connectivity index (χ0) is 23.5. The summed E-state index contributed by atoms with van der Waals surface area (Å²) in [6.07, 6.45) is 0. The van der Waals surface area contributed by atoms with Crippen LogP contribution in [0.5, 0.6) is 5.75 Å². The molecule has 0 aliphatic carbocycles. The molecule has 1 unspecified atom stereocenters. The predicted octanol–water partition coefficient (Wildman–Crippen LogP) is 5.50. The third kappa shape index (κ3) is 4.94. The number of esters is 1. The quantitative estimate of drug-likeness (QED) is 0.320. The summed E-state index contributed by atoms with van der Waals surface area (Å²) in [7, 11) is 1.38. The third-order valence-electron chi connectivity index (χ3n) is 5.29. The van der Waals surface area contributed by atoms with Crippen LogP contribution >= 0.6 is 27.7 Å². The van der Waals surface area contributed by atoms with Gasteiger partial charge in [-0.25, -0.2) is 9.48 Å². The number of thioether (sulfide) groups is 1. The molecule has 0 spiro atoms. The van der Waals surface area contributed by atoms with Gasteiger partial charge in [-0.1, -0.05) is 64.4 Å². The number of fused-ring (bicyclic) bond motifs is 1. The van der Waals surface area contributed by atoms with Gasteiger partial charge in [0.05, 0.1) is 12.7 Å². The highest BCUT2D eigenvalue weighted by molar-refractivity contribution is 9.10. The molecule has 2 aromatic carbocycles. The fourth-order valence-electron chi connectivity index (χ4n) is 3.69. The van der Waals surface area contributed by atoms with Crippen molar-refractivity contribution in [3.05, 3.63) is 74.9 Å². The van der Waals surface area contributed by atoms with Crippen LogP contribution < -0.4 is 10.1 Å². The van der Waals surface area contributed by atoms with Crippen LogP contribution in [0.2, 0.25) is 0 Å². The van der Waals surface area contributed by atoms with Crippen molar-refractivity contribution in [3.63, 3.8) is 0 Å². The SMILES string of the molecule is CCSc1nc2n(n1)C(c1cc(Br)ccc1OCc1ccc(C)cc1)C(C(=O)OC)=C(C)N2. The van der Waals surface area contributed by atoms with E-state index in [4.69, 9.17) is 14.6 Å². The summed E-state index contributed by atoms with van der Waals surface area (Å²) in [4.78, 5) is 17.5. The molecule has 0 bridgehead atoms. The van der Waals surface area contributed by atoms with Gasteiger partial charge in [0.25, 0.3) is 0 Å². The first-order valence-corrected chi connectivity index (χ1v) is 12.3. The molecule has 1 aliphatic rings. The number of halogens is 1. The Hall–Kier alpha value is -2.78. The topological polar surface area (TPSA) is 78.3 Å². The lowest BCUT2D eigenvalue weighted by Crippen LogP contribution is -2.29. The molecule has 4 rings (SSSR count). The van der Waals surface area contributed by atoms with E-state index in [0.29, 0.717) is 34.7 Å². The van der Waals surface area contributed by atoms with E-state index in [1.165, 1.54) is 12.7 Å². The molecule has 172 valence electrons. The first-order chi connectivity index (χ1) is 15.9. The van der Waals surface area contributed by atoms with Crippen LogP contribution in [-0.2, 0) is 16.1 Å². The molecule has 1 atom stereocenters. The van der Waals surface area contributed by atoms with Gasteiger partial charge < -0.3 is 14.8 Å². The number of hydrogen-bond acceptors (Lipinski definition) is 7. The van der Waals surface area contributed by atoms with Crippen LogP contribution in [-0.4, -0.2) is 33.6 Å². The zero-order valence-corrected chi connectivity index (χ0v) is 21.3. The fourth-order valence-corrected chi connectivity index (χ4v) is 4.63. The lowest BCUT2D eigenvalue weighted by molar-refractivity contribution is -0.136. The average molecular weight is 529 g/mol. The van der Waals surface area contributed by atoms with E-state index < -0.39 is 12.0 Å². The van der Waals surface area contributed by atoms with E-state index in [-0.39, 0.29) is 0 Å². The number of aryl methyl sites for hydroxylation is 1. The molecule has 1 aliphatic heterocycles. The van der Waals surface area contributed by atoms with Crippen molar-refractivity contribution < 1.29 is 14.3 Å². The smallest absolute Gasteiger partial charge is 0.338 e. The monoisotopic (exact) mass is 528 g/mol. The molecule has 1 aromatic heterocycles. The fraction of sp³-hybridized carbons (Fsp3) is 0.292. The molecular weight excluding hydrogens is 504 g/mol. The van der Waals surface area contributed by atoms with Gasteiger partial charge in [-0.3, -0.25) is 0 Å². The van der Waals surface area contributed by atoms with E-state index in [1.807, 2.05) is 44.2 Å². The molecule has 0 saturated heterocycles. The number of ether oxygens (including phenoxy) is 2. The lowest BCUT2D eigenvalue weighted by atomic mass is 9.95. The van der Waals surface area contributed by atoms with Gasteiger partial charge in [-0.2, -0.15) is 4.98 Å². The van der Waals surface area contributed by atoms with Gasteiger partial charge >= 0.3 is 5.97 Å². The van der Waals surface area contributed by atoms with Gasteiger partial charge in [-0.05, 0) is 43.4 Å². The number of aromatic nitrogens is 3. The first-order valence-electron chi connectivity index (χ1n) is 10.5. The highest BCUT2D eigenvalue weighted by Crippen LogP contribution is 2.41. The summed E-state index contributed by atoms with van der Waals surface area (Å²) < 4.78 is 14.0. The average Bonchev–Trinajstić information content (AvgIpc) is 3.20. The Balaban J connectivity index is 1.80. The van der Waals surface area contributed by atoms with E-state index in [1.54, 1.807) is 16.4 Å². The molecular formula is C24H25BrN4O3S. The molecule has 7 nitrogen and oxygen atoms in total. The highest BCUT2D eigenvalue weighted by Gasteiger charge is 2.36. The maximum atomic E-state index is 12.9. The third-order valence-corrected chi connectivity index (χ3v) is 6.51. The number of benzene rings is 2. The molecule has 2 heterocycles. The molecule has 33 heavy (non-hydrogen) atoms. The van der Waals surface area contributed by atoms with Gasteiger partial charge in [0.2, 0.25) is 11.1 Å². The summed E-state index contributed by atoms with van der Waals surface area (Å²) in [5.41, 5.74) is 4.17. The molecule has 3 aromatic rings. The second kappa shape index (κ2) is 10.0. The summed E-state index contributed by atoms with van der Waals surface area (Å²) in [6, 6.07) is 13.4. The lowest BCUT2D eigenvalue weighted by Gasteiger charge is -2.29. The van der Waals surface area contributed by atoms with Crippen molar-refractivity contribution in [2.45, 2.75) is 38.6 Å². The number of nitrogens with one attached hydrogen (secondary N) is 1. The van der Waals surface area contributed by atoms with Crippen molar-refractivity contribution in [3.8, 4) is 5.75 Å². The molecule has 1 N–H and O–H groups in total. The molecule has 0 saturated carbocycles. The van der Waals surface area contributed by atoms with Gasteiger partial charge in [0.1, 0.15) is 18.4 Å². The molecule has 0 radical (unpaired) electrons. The Morgan fingerprint density at radius 3 is 2.67 bits per heavy atom. The van der Waals surface area contributed by atoms with Crippen LogP contribution in [0.3, 0.4) is 0 Å². The van der Waals surface area contributed by atoms with Crippen LogP contribution in [0, 0.1) is 6.92 Å². The van der Waals surface area contributed by atoms with Gasteiger partial charge in [-0.15, -0.1) is 5.10 Å². The van der Waals surface area contributed by atoms with Crippen LogP contribution in [0.25, 0.3) is 0 Å². The molecule has 0 amide bonds. The maximum Gasteiger partial charge on any atom is 0.338 e. The normalized spacial score (nSPS) is 15.1. The maximum absolute atomic E-state index is 12.9. The Morgan fingerprint density at radius 2 is 1.97 bits per heavy atom. The Labute approximate surface area is 205 Å². The minimum absolute atomic E-state index is 0.400. The largest absolute Gasteiger partial charge is 0.489 e. The first kappa shape index (κ1) is 23.4. The standard InChI is InChI=1S/C24H25BrN4O3S/c1-5-33-24-27-23-26-15(3)20(22(30)31-4)21(29(23)28-24)18-12-17(25)10-11-19(18)32-13-16-8-6-14(2)7-9-16/h6-12,21H,5,13H2,1-4H3,(H,26,27,28). The number of nitrogens with zero attached hydrogens (tertiary/aromatic N) is 3. The van der Waals surface area contributed by atoms with Crippen LogP contribution in [0.1, 0.15) is 36.6 Å². The summed E-state index contributed by atoms with van der Waals surface area (Å²) in [5.74, 6) is 1.64. The summed E-state index contributed by atoms with van der Waals surface area (Å²) in [5, 5.41) is 8.53. The Kier molecular flexibility index (Phi) is 7.09. The van der Waals surface area contributed by atoms with E-state index in [0.717, 1.165) is 21.4 Å². The second-order valence-corrected chi connectivity index (χ2v) is 9.76. The van der Waals surface area contributed by atoms with E-state index in [2.05, 4.69) is 45.3 Å². The number of methoxy groups -OCH3 is 1. The minimum Gasteiger partial charge on any atom is -0.489 e. The van der Waals surface area contributed by atoms with Crippen molar-refractivity contribution >= 4 is 39.6 Å². The number of hydrogen-bond donors (Lipinski definition) is 1. The summed E-state index contributed by atoms with van der Waals surface area (Å²) in [6.45, 7) is 6.34. The van der Waals surface area contributed by atoms with E-state index >= 15 is 0 Å². The number of allylic oxidation sites excluding steroid dienone is 1. The predicted molar refractivity (Wildman–Crippen MR) is 133 cm³/mol. The Morgan fingerprint density at radius 1 is 1.21 bits per heavy atom. The number of anilines is 1. The van der Waals surface area contributed by atoms with Crippen LogP contribution in [0.4, 0.5) is 5.95 Å². The minimum atomic E-state index is -0.557. The van der Waals surface area contributed by atoms with Crippen molar-refractivity contribution in [1.82, 2.24) is 14.8 Å². The zero-order valence-electron chi connectivity index (χ0n) is 18.9. The second-order valence-electron chi connectivity index (χ2n) is 7.61. The molecule has 9 heteroatoms. The van der Waals surface area contributed by atoms with E-state index in [9.17, 15) is 4.79 Å². The number of carbonyl (C=O) groups excluding carboxylic acids is 1. The number of rotatable bonds is 7. The van der Waals surface area contributed by atoms with Crippen molar-refractivity contribution in [2.75, 3.05) is 18.2 Å². The summed E-state index contributed by atoms with van der Waals surface area (Å²) >= 11 is 5.11. The molecule has 0 fully saturated rings. The van der Waals surface area contributed by atoms with Gasteiger partial charge in [0, 0.05) is 15.7 Å². The Bertz CT molecular complexity index is 1210.